The summed E-state index contributed by atoms with van der Waals surface area (Å²) in [6.07, 6.45) is 1.23. The monoisotopic (exact) mass is 298 g/mol. The average molecular weight is 299 g/mol. The second-order valence-corrected chi connectivity index (χ2v) is 5.60. The zero-order valence-electron chi connectivity index (χ0n) is 10.2. The predicted octanol–water partition coefficient (Wildman–Crippen LogP) is 2.50. The quantitative estimate of drug-likeness (QED) is 0.868. The number of hydrogen-bond donors (Lipinski definition) is 1. The fourth-order valence-corrected chi connectivity index (χ4v) is 2.76. The molecule has 2 rings (SSSR count). The maximum absolute atomic E-state index is 6.01. The lowest BCUT2D eigenvalue weighted by Gasteiger charge is -2.17. The summed E-state index contributed by atoms with van der Waals surface area (Å²) < 4.78 is 6.25. The Morgan fingerprint density at radius 2 is 2.35 bits per heavy atom. The molecular formula is C13H19BrN2O. The zero-order valence-corrected chi connectivity index (χ0v) is 11.7. The standard InChI is InChI=1S/C13H19BrN2O/c1-17-9-10-4-5-16(7-10)8-11-2-3-12(14)6-13(11)15/h2-3,6,10H,4-5,7-9,15H2,1H3. The number of halogens is 1. The molecule has 0 aliphatic carbocycles. The second-order valence-electron chi connectivity index (χ2n) is 4.69. The number of anilines is 1. The number of nitrogens with zero attached hydrogens (tertiary/aromatic N) is 1. The van der Waals surface area contributed by atoms with E-state index < -0.39 is 0 Å². The van der Waals surface area contributed by atoms with Crippen molar-refractivity contribution in [2.24, 2.45) is 5.92 Å². The summed E-state index contributed by atoms with van der Waals surface area (Å²) in [5, 5.41) is 0. The Morgan fingerprint density at radius 1 is 1.53 bits per heavy atom. The van der Waals surface area contributed by atoms with Gasteiger partial charge in [0, 0.05) is 30.4 Å². The molecule has 0 radical (unpaired) electrons. The van der Waals surface area contributed by atoms with Gasteiger partial charge in [-0.1, -0.05) is 22.0 Å². The molecule has 2 N–H and O–H groups in total. The maximum atomic E-state index is 6.01. The van der Waals surface area contributed by atoms with E-state index in [4.69, 9.17) is 10.5 Å². The lowest BCUT2D eigenvalue weighted by molar-refractivity contribution is 0.152. The van der Waals surface area contributed by atoms with Crippen LogP contribution in [0.1, 0.15) is 12.0 Å². The van der Waals surface area contributed by atoms with Crippen molar-refractivity contribution in [3.63, 3.8) is 0 Å². The van der Waals surface area contributed by atoms with Crippen LogP contribution in [0, 0.1) is 5.92 Å². The van der Waals surface area contributed by atoms with Crippen molar-refractivity contribution in [3.05, 3.63) is 28.2 Å². The molecule has 1 aliphatic rings. The van der Waals surface area contributed by atoms with Crippen LogP contribution < -0.4 is 5.73 Å². The SMILES string of the molecule is COCC1CCN(Cc2ccc(Br)cc2N)C1. The summed E-state index contributed by atoms with van der Waals surface area (Å²) >= 11 is 3.43. The molecule has 0 saturated carbocycles. The van der Waals surface area contributed by atoms with Gasteiger partial charge in [-0.25, -0.2) is 0 Å². The van der Waals surface area contributed by atoms with Gasteiger partial charge in [0.25, 0.3) is 0 Å². The van der Waals surface area contributed by atoms with E-state index in [0.29, 0.717) is 5.92 Å². The van der Waals surface area contributed by atoms with Crippen LogP contribution in [0.4, 0.5) is 5.69 Å². The van der Waals surface area contributed by atoms with Crippen LogP contribution in [-0.2, 0) is 11.3 Å². The van der Waals surface area contributed by atoms with E-state index in [2.05, 4.69) is 33.0 Å². The van der Waals surface area contributed by atoms with Crippen molar-refractivity contribution in [1.29, 1.82) is 0 Å². The zero-order chi connectivity index (χ0) is 12.3. The molecule has 1 atom stereocenters. The molecule has 17 heavy (non-hydrogen) atoms. The Kier molecular flexibility index (Phi) is 4.42. The fraction of sp³-hybridized carbons (Fsp3) is 0.538. The van der Waals surface area contributed by atoms with Gasteiger partial charge >= 0.3 is 0 Å². The molecule has 1 heterocycles. The molecule has 1 aromatic carbocycles. The Labute approximate surface area is 111 Å². The van der Waals surface area contributed by atoms with Crippen molar-refractivity contribution in [3.8, 4) is 0 Å². The first-order valence-corrected chi connectivity index (χ1v) is 6.73. The van der Waals surface area contributed by atoms with Crippen molar-refractivity contribution in [2.45, 2.75) is 13.0 Å². The smallest absolute Gasteiger partial charge is 0.0503 e. The number of methoxy groups -OCH3 is 1. The minimum Gasteiger partial charge on any atom is -0.398 e. The van der Waals surface area contributed by atoms with Gasteiger partial charge in [0.2, 0.25) is 0 Å². The first kappa shape index (κ1) is 12.9. The van der Waals surface area contributed by atoms with Gasteiger partial charge in [0.05, 0.1) is 6.61 Å². The summed E-state index contributed by atoms with van der Waals surface area (Å²) in [6.45, 7) is 4.07. The largest absolute Gasteiger partial charge is 0.398 e. The van der Waals surface area contributed by atoms with E-state index in [9.17, 15) is 0 Å². The molecule has 1 aromatic rings. The highest BCUT2D eigenvalue weighted by Gasteiger charge is 2.22. The number of nitrogens with two attached hydrogens (primary N) is 1. The van der Waals surface area contributed by atoms with Gasteiger partial charge in [0.15, 0.2) is 0 Å². The number of ether oxygens (including phenoxy) is 1. The number of likely N-dealkylation sites (tertiary alicyclic amines) is 1. The summed E-state index contributed by atoms with van der Waals surface area (Å²) in [5.41, 5.74) is 8.10. The molecule has 0 bridgehead atoms. The van der Waals surface area contributed by atoms with Crippen LogP contribution in [0.25, 0.3) is 0 Å². The average Bonchev–Trinajstić information content (AvgIpc) is 2.71. The third-order valence-electron chi connectivity index (χ3n) is 3.27. The summed E-state index contributed by atoms with van der Waals surface area (Å²) in [5.74, 6) is 0.677. The molecule has 1 aliphatic heterocycles. The molecule has 0 spiro atoms. The van der Waals surface area contributed by atoms with E-state index in [0.717, 1.165) is 36.4 Å². The van der Waals surface area contributed by atoms with Crippen LogP contribution in [0.2, 0.25) is 0 Å². The lowest BCUT2D eigenvalue weighted by atomic mass is 10.1. The molecule has 0 amide bonds. The third-order valence-corrected chi connectivity index (χ3v) is 3.77. The van der Waals surface area contributed by atoms with E-state index in [1.54, 1.807) is 7.11 Å². The fourth-order valence-electron chi connectivity index (χ4n) is 2.38. The summed E-state index contributed by atoms with van der Waals surface area (Å²) in [4.78, 5) is 2.45. The molecule has 1 saturated heterocycles. The molecule has 4 heteroatoms. The van der Waals surface area contributed by atoms with Gasteiger partial charge in [0.1, 0.15) is 0 Å². The molecule has 3 nitrogen and oxygen atoms in total. The van der Waals surface area contributed by atoms with Crippen LogP contribution in [0.15, 0.2) is 22.7 Å². The highest BCUT2D eigenvalue weighted by Crippen LogP contribution is 2.23. The molecule has 1 fully saturated rings. The molecule has 0 aromatic heterocycles. The summed E-state index contributed by atoms with van der Waals surface area (Å²) in [6, 6.07) is 6.12. The molecule has 94 valence electrons. The normalized spacial score (nSPS) is 20.9. The minimum atomic E-state index is 0.677. The van der Waals surface area contributed by atoms with Crippen molar-refractivity contribution < 1.29 is 4.74 Å². The van der Waals surface area contributed by atoms with Crippen LogP contribution in [0.3, 0.4) is 0 Å². The lowest BCUT2D eigenvalue weighted by Crippen LogP contribution is -2.21. The van der Waals surface area contributed by atoms with E-state index in [1.807, 2.05) is 6.07 Å². The van der Waals surface area contributed by atoms with Gasteiger partial charge < -0.3 is 10.5 Å². The maximum Gasteiger partial charge on any atom is 0.0503 e. The second kappa shape index (κ2) is 5.85. The van der Waals surface area contributed by atoms with Gasteiger partial charge in [-0.05, 0) is 36.6 Å². The first-order chi connectivity index (χ1) is 8.19. The van der Waals surface area contributed by atoms with Crippen LogP contribution >= 0.6 is 15.9 Å². The topological polar surface area (TPSA) is 38.5 Å². The number of nitrogen functional groups attached to an aromatic ring is 1. The number of hydrogen-bond acceptors (Lipinski definition) is 3. The van der Waals surface area contributed by atoms with Crippen LogP contribution in [0.5, 0.6) is 0 Å². The van der Waals surface area contributed by atoms with E-state index in [-0.39, 0.29) is 0 Å². The first-order valence-electron chi connectivity index (χ1n) is 5.94. The summed E-state index contributed by atoms with van der Waals surface area (Å²) in [7, 11) is 1.77. The van der Waals surface area contributed by atoms with Crippen molar-refractivity contribution in [2.75, 3.05) is 32.5 Å². The third kappa shape index (κ3) is 3.44. The minimum absolute atomic E-state index is 0.677. The predicted molar refractivity (Wildman–Crippen MR) is 73.8 cm³/mol. The van der Waals surface area contributed by atoms with Gasteiger partial charge in [-0.15, -0.1) is 0 Å². The Bertz CT molecular complexity index is 384. The van der Waals surface area contributed by atoms with E-state index >= 15 is 0 Å². The van der Waals surface area contributed by atoms with Gasteiger partial charge in [-0.2, -0.15) is 0 Å². The van der Waals surface area contributed by atoms with Gasteiger partial charge in [-0.3, -0.25) is 4.90 Å². The van der Waals surface area contributed by atoms with E-state index in [1.165, 1.54) is 12.0 Å². The highest BCUT2D eigenvalue weighted by molar-refractivity contribution is 9.10. The number of benzene rings is 1. The van der Waals surface area contributed by atoms with Crippen molar-refractivity contribution in [1.82, 2.24) is 4.90 Å². The molecular weight excluding hydrogens is 280 g/mol. The molecule has 1 unspecified atom stereocenters. The number of rotatable bonds is 4. The highest BCUT2D eigenvalue weighted by atomic mass is 79.9. The Hall–Kier alpha value is -0.580. The van der Waals surface area contributed by atoms with Crippen molar-refractivity contribution >= 4 is 21.6 Å². The Balaban J connectivity index is 1.93. The Morgan fingerprint density at radius 3 is 3.06 bits per heavy atom. The van der Waals surface area contributed by atoms with Crippen LogP contribution in [-0.4, -0.2) is 31.7 Å².